The van der Waals surface area contributed by atoms with Crippen molar-refractivity contribution in [2.75, 3.05) is 6.61 Å². The second-order valence-electron chi connectivity index (χ2n) is 4.03. The maximum atomic E-state index is 13.1. The van der Waals surface area contributed by atoms with Crippen LogP contribution in [0, 0.1) is 5.82 Å². The summed E-state index contributed by atoms with van der Waals surface area (Å²) < 4.78 is 18.6. The molecule has 0 aromatic heterocycles. The molecule has 1 aromatic rings. The van der Waals surface area contributed by atoms with Crippen LogP contribution in [0.15, 0.2) is 30.4 Å². The first-order chi connectivity index (χ1) is 7.50. The van der Waals surface area contributed by atoms with Crippen LogP contribution in [0.3, 0.4) is 0 Å². The molecule has 0 unspecified atom stereocenters. The summed E-state index contributed by atoms with van der Waals surface area (Å²) in [4.78, 5) is 0. The molecule has 0 aliphatic carbocycles. The fourth-order valence-electron chi connectivity index (χ4n) is 1.34. The maximum absolute atomic E-state index is 13.1. The summed E-state index contributed by atoms with van der Waals surface area (Å²) in [6, 6.07) is 4.26. The monoisotopic (exact) mass is 223 g/mol. The number of hydrogen-bond acceptors (Lipinski definition) is 2. The van der Waals surface area contributed by atoms with E-state index in [1.807, 2.05) is 13.8 Å². The molecule has 0 aliphatic rings. The number of halogens is 1. The molecule has 0 bridgehead atoms. The Morgan fingerprint density at radius 2 is 2.25 bits per heavy atom. The highest BCUT2D eigenvalue weighted by atomic mass is 19.1. The van der Waals surface area contributed by atoms with Gasteiger partial charge in [0.25, 0.3) is 0 Å². The largest absolute Gasteiger partial charge is 0.493 e. The van der Waals surface area contributed by atoms with Gasteiger partial charge in [-0.05, 0) is 19.9 Å². The molecular formula is C13H18FNO. The first kappa shape index (κ1) is 12.7. The highest BCUT2D eigenvalue weighted by Gasteiger charge is 2.09. The first-order valence-corrected chi connectivity index (χ1v) is 5.33. The van der Waals surface area contributed by atoms with Gasteiger partial charge in [-0.25, -0.2) is 4.39 Å². The topological polar surface area (TPSA) is 35.2 Å². The summed E-state index contributed by atoms with van der Waals surface area (Å²) in [5.41, 5.74) is 7.64. The van der Waals surface area contributed by atoms with Crippen molar-refractivity contribution in [1.82, 2.24) is 0 Å². The fourth-order valence-corrected chi connectivity index (χ4v) is 1.34. The molecule has 2 nitrogen and oxygen atoms in total. The minimum Gasteiger partial charge on any atom is -0.493 e. The van der Waals surface area contributed by atoms with Gasteiger partial charge in [0.1, 0.15) is 11.6 Å². The third kappa shape index (κ3) is 3.66. The van der Waals surface area contributed by atoms with Crippen molar-refractivity contribution in [3.8, 4) is 5.75 Å². The van der Waals surface area contributed by atoms with Gasteiger partial charge in [0.2, 0.25) is 0 Å². The van der Waals surface area contributed by atoms with E-state index >= 15 is 0 Å². The van der Waals surface area contributed by atoms with Crippen LogP contribution in [-0.2, 0) is 0 Å². The number of hydrogen-bond donors (Lipinski definition) is 1. The molecule has 0 fully saturated rings. The molecule has 16 heavy (non-hydrogen) atoms. The molecule has 1 aromatic carbocycles. The minimum atomic E-state index is -0.310. The maximum Gasteiger partial charge on any atom is 0.126 e. The summed E-state index contributed by atoms with van der Waals surface area (Å²) in [6.45, 7) is 8.06. The molecule has 88 valence electrons. The van der Waals surface area contributed by atoms with Crippen molar-refractivity contribution in [3.05, 3.63) is 41.7 Å². The van der Waals surface area contributed by atoms with Gasteiger partial charge in [-0.1, -0.05) is 11.6 Å². The van der Waals surface area contributed by atoms with Gasteiger partial charge in [-0.2, -0.15) is 0 Å². The van der Waals surface area contributed by atoms with E-state index in [1.54, 1.807) is 6.07 Å². The first-order valence-electron chi connectivity index (χ1n) is 5.33. The minimum absolute atomic E-state index is 0.166. The van der Waals surface area contributed by atoms with E-state index in [0.29, 0.717) is 12.4 Å². The van der Waals surface area contributed by atoms with E-state index in [0.717, 1.165) is 17.6 Å². The van der Waals surface area contributed by atoms with Crippen molar-refractivity contribution in [2.45, 2.75) is 26.3 Å². The number of rotatable bonds is 5. The lowest BCUT2D eigenvalue weighted by Crippen LogP contribution is -2.09. The highest BCUT2D eigenvalue weighted by molar-refractivity contribution is 5.36. The van der Waals surface area contributed by atoms with Gasteiger partial charge in [0.05, 0.1) is 6.61 Å². The van der Waals surface area contributed by atoms with Crippen molar-refractivity contribution in [2.24, 2.45) is 5.73 Å². The predicted octanol–water partition coefficient (Wildman–Crippen LogP) is 3.19. The zero-order chi connectivity index (χ0) is 12.1. The van der Waals surface area contributed by atoms with Crippen LogP contribution in [-0.4, -0.2) is 6.61 Å². The van der Waals surface area contributed by atoms with E-state index in [1.165, 1.54) is 12.1 Å². The van der Waals surface area contributed by atoms with Crippen LogP contribution < -0.4 is 10.5 Å². The molecule has 0 radical (unpaired) electrons. The van der Waals surface area contributed by atoms with Crippen LogP contribution in [0.1, 0.15) is 31.9 Å². The smallest absolute Gasteiger partial charge is 0.126 e. The summed E-state index contributed by atoms with van der Waals surface area (Å²) in [7, 11) is 0. The number of nitrogens with two attached hydrogens (primary N) is 1. The summed E-state index contributed by atoms with van der Waals surface area (Å²) in [5, 5.41) is 0. The Bertz CT molecular complexity index is 374. The molecule has 0 amide bonds. The van der Waals surface area contributed by atoms with Crippen LogP contribution >= 0.6 is 0 Å². The van der Waals surface area contributed by atoms with Crippen LogP contribution in [0.5, 0.6) is 5.75 Å². The molecule has 0 saturated carbocycles. The van der Waals surface area contributed by atoms with Crippen molar-refractivity contribution >= 4 is 0 Å². The van der Waals surface area contributed by atoms with Gasteiger partial charge in [-0.15, -0.1) is 6.58 Å². The van der Waals surface area contributed by atoms with Gasteiger partial charge in [-0.3, -0.25) is 0 Å². The second-order valence-corrected chi connectivity index (χ2v) is 4.03. The third-order valence-electron chi connectivity index (χ3n) is 2.25. The van der Waals surface area contributed by atoms with E-state index in [4.69, 9.17) is 10.5 Å². The standard InChI is InChI=1S/C13H18FNO/c1-9(2)6-7-16-13-8-11(14)4-5-12(13)10(3)15/h4-5,8,10H,1,6-7,15H2,2-3H3/t10-/m0/s1. The Balaban J connectivity index is 2.76. The zero-order valence-corrected chi connectivity index (χ0v) is 9.79. The summed E-state index contributed by atoms with van der Waals surface area (Å²) in [5.74, 6) is 0.214. The molecule has 0 aliphatic heterocycles. The van der Waals surface area contributed by atoms with Gasteiger partial charge < -0.3 is 10.5 Å². The molecule has 0 heterocycles. The lowest BCUT2D eigenvalue weighted by Gasteiger charge is -2.14. The summed E-state index contributed by atoms with van der Waals surface area (Å²) >= 11 is 0. The number of ether oxygens (including phenoxy) is 1. The van der Waals surface area contributed by atoms with E-state index in [2.05, 4.69) is 6.58 Å². The SMILES string of the molecule is C=C(C)CCOc1cc(F)ccc1[C@H](C)N. The molecule has 3 heteroatoms. The number of benzene rings is 1. The molecule has 0 saturated heterocycles. The molecule has 0 spiro atoms. The Hall–Kier alpha value is -1.35. The average Bonchev–Trinajstić information content (AvgIpc) is 2.16. The Morgan fingerprint density at radius 1 is 1.56 bits per heavy atom. The van der Waals surface area contributed by atoms with Crippen molar-refractivity contribution in [3.63, 3.8) is 0 Å². The Morgan fingerprint density at radius 3 is 2.81 bits per heavy atom. The molecule has 1 atom stereocenters. The third-order valence-corrected chi connectivity index (χ3v) is 2.25. The lowest BCUT2D eigenvalue weighted by atomic mass is 10.1. The second kappa shape index (κ2) is 5.66. The fraction of sp³-hybridized carbons (Fsp3) is 0.385. The van der Waals surface area contributed by atoms with Crippen LogP contribution in [0.2, 0.25) is 0 Å². The Kier molecular flexibility index (Phi) is 4.50. The Labute approximate surface area is 95.9 Å². The van der Waals surface area contributed by atoms with Crippen molar-refractivity contribution < 1.29 is 9.13 Å². The summed E-state index contributed by atoms with van der Waals surface area (Å²) in [6.07, 6.45) is 0.759. The van der Waals surface area contributed by atoms with Gasteiger partial charge in [0, 0.05) is 24.1 Å². The molecular weight excluding hydrogens is 205 g/mol. The van der Waals surface area contributed by atoms with Crippen LogP contribution in [0.4, 0.5) is 4.39 Å². The van der Waals surface area contributed by atoms with Gasteiger partial charge in [0.15, 0.2) is 0 Å². The molecule has 2 N–H and O–H groups in total. The normalized spacial score (nSPS) is 12.2. The van der Waals surface area contributed by atoms with E-state index in [-0.39, 0.29) is 11.9 Å². The predicted molar refractivity (Wildman–Crippen MR) is 63.9 cm³/mol. The lowest BCUT2D eigenvalue weighted by molar-refractivity contribution is 0.315. The van der Waals surface area contributed by atoms with E-state index in [9.17, 15) is 4.39 Å². The molecule has 1 rings (SSSR count). The van der Waals surface area contributed by atoms with Gasteiger partial charge >= 0.3 is 0 Å². The zero-order valence-electron chi connectivity index (χ0n) is 9.79. The van der Waals surface area contributed by atoms with Crippen LogP contribution in [0.25, 0.3) is 0 Å². The highest BCUT2D eigenvalue weighted by Crippen LogP contribution is 2.25. The average molecular weight is 223 g/mol. The quantitative estimate of drug-likeness (QED) is 0.778. The van der Waals surface area contributed by atoms with Crippen molar-refractivity contribution in [1.29, 1.82) is 0 Å². The van der Waals surface area contributed by atoms with E-state index < -0.39 is 0 Å².